The molecule has 1 fully saturated rings. The fraction of sp³-hybridized carbons (Fsp3) is 0.625. The van der Waals surface area contributed by atoms with Crippen molar-refractivity contribution in [1.82, 2.24) is 15.2 Å². The minimum atomic E-state index is 0. The first kappa shape index (κ1) is 20.0. The third-order valence-electron chi connectivity index (χ3n) is 3.70. The lowest BCUT2D eigenvalue weighted by atomic mass is 10.1. The standard InChI is InChI=1S/C16H26N4O2.HI/c1-4-22-15-14(6-5-8-18-15)10-19-16(17-2)20(3)11-13-7-9-21-12-13;/h5-6,8,13H,4,7,9-12H2,1-3H3,(H,17,19);1H. The summed E-state index contributed by atoms with van der Waals surface area (Å²) in [7, 11) is 3.86. The Morgan fingerprint density at radius 3 is 3.04 bits per heavy atom. The van der Waals surface area contributed by atoms with E-state index >= 15 is 0 Å². The molecule has 2 rings (SSSR count). The average molecular weight is 434 g/mol. The van der Waals surface area contributed by atoms with Crippen molar-refractivity contribution in [2.45, 2.75) is 19.9 Å². The lowest BCUT2D eigenvalue weighted by Gasteiger charge is -2.24. The highest BCUT2D eigenvalue weighted by Gasteiger charge is 2.19. The van der Waals surface area contributed by atoms with E-state index in [2.05, 4.69) is 27.2 Å². The van der Waals surface area contributed by atoms with Gasteiger partial charge in [-0.05, 0) is 19.4 Å². The minimum Gasteiger partial charge on any atom is -0.478 e. The number of aromatic nitrogens is 1. The monoisotopic (exact) mass is 434 g/mol. The molecule has 2 heterocycles. The first-order valence-corrected chi connectivity index (χ1v) is 7.80. The van der Waals surface area contributed by atoms with Gasteiger partial charge in [0.1, 0.15) is 0 Å². The molecule has 0 aliphatic carbocycles. The molecule has 0 amide bonds. The number of nitrogens with one attached hydrogen (secondary N) is 1. The van der Waals surface area contributed by atoms with E-state index in [1.807, 2.05) is 19.1 Å². The number of aliphatic imine (C=N–C) groups is 1. The Bertz CT molecular complexity index is 493. The molecular formula is C16H27IN4O2. The van der Waals surface area contributed by atoms with Crippen molar-refractivity contribution in [2.24, 2.45) is 10.9 Å². The SMILES string of the molecule is CCOc1ncccc1CNC(=NC)N(C)CC1CCOC1.I. The van der Waals surface area contributed by atoms with Crippen molar-refractivity contribution in [3.05, 3.63) is 23.9 Å². The third-order valence-corrected chi connectivity index (χ3v) is 3.70. The zero-order valence-electron chi connectivity index (χ0n) is 14.1. The van der Waals surface area contributed by atoms with Crippen molar-refractivity contribution in [2.75, 3.05) is 40.5 Å². The Labute approximate surface area is 155 Å². The van der Waals surface area contributed by atoms with Gasteiger partial charge in [0.25, 0.3) is 0 Å². The smallest absolute Gasteiger partial charge is 0.218 e. The third kappa shape index (κ3) is 6.14. The van der Waals surface area contributed by atoms with Gasteiger partial charge in [0, 0.05) is 51.5 Å². The van der Waals surface area contributed by atoms with Gasteiger partial charge in [0.15, 0.2) is 5.96 Å². The maximum absolute atomic E-state index is 5.55. The van der Waals surface area contributed by atoms with Crippen LogP contribution in [0.4, 0.5) is 0 Å². The zero-order chi connectivity index (χ0) is 15.8. The van der Waals surface area contributed by atoms with Crippen LogP contribution in [0.1, 0.15) is 18.9 Å². The minimum absolute atomic E-state index is 0. The van der Waals surface area contributed by atoms with Crippen LogP contribution in [-0.4, -0.2) is 56.3 Å². The molecule has 0 bridgehead atoms. The molecule has 7 heteroatoms. The summed E-state index contributed by atoms with van der Waals surface area (Å²) in [6, 6.07) is 3.94. The molecule has 23 heavy (non-hydrogen) atoms. The van der Waals surface area contributed by atoms with E-state index in [9.17, 15) is 0 Å². The Morgan fingerprint density at radius 1 is 1.57 bits per heavy atom. The molecule has 6 nitrogen and oxygen atoms in total. The van der Waals surface area contributed by atoms with Crippen LogP contribution in [0.15, 0.2) is 23.3 Å². The number of halogens is 1. The van der Waals surface area contributed by atoms with Crippen LogP contribution < -0.4 is 10.1 Å². The van der Waals surface area contributed by atoms with Gasteiger partial charge in [-0.2, -0.15) is 0 Å². The van der Waals surface area contributed by atoms with Crippen molar-refractivity contribution >= 4 is 29.9 Å². The molecule has 1 atom stereocenters. The summed E-state index contributed by atoms with van der Waals surface area (Å²) in [6.45, 7) is 5.88. The highest BCUT2D eigenvalue weighted by molar-refractivity contribution is 14.0. The van der Waals surface area contributed by atoms with Gasteiger partial charge in [-0.1, -0.05) is 6.07 Å². The highest BCUT2D eigenvalue weighted by atomic mass is 127. The van der Waals surface area contributed by atoms with Gasteiger partial charge in [0.2, 0.25) is 5.88 Å². The lowest BCUT2D eigenvalue weighted by Crippen LogP contribution is -2.41. The average Bonchev–Trinajstić information content (AvgIpc) is 3.02. The van der Waals surface area contributed by atoms with Gasteiger partial charge in [-0.3, -0.25) is 4.99 Å². The Morgan fingerprint density at radius 2 is 2.39 bits per heavy atom. The van der Waals surface area contributed by atoms with Crippen molar-refractivity contribution in [3.63, 3.8) is 0 Å². The van der Waals surface area contributed by atoms with Crippen molar-refractivity contribution in [1.29, 1.82) is 0 Å². The quantitative estimate of drug-likeness (QED) is 0.423. The van der Waals surface area contributed by atoms with Crippen molar-refractivity contribution in [3.8, 4) is 5.88 Å². The van der Waals surface area contributed by atoms with Gasteiger partial charge < -0.3 is 19.7 Å². The fourth-order valence-electron chi connectivity index (χ4n) is 2.59. The van der Waals surface area contributed by atoms with E-state index in [0.29, 0.717) is 24.9 Å². The molecule has 0 spiro atoms. The fourth-order valence-corrected chi connectivity index (χ4v) is 2.59. The van der Waals surface area contributed by atoms with Crippen LogP contribution in [0.3, 0.4) is 0 Å². The molecule has 1 saturated heterocycles. The molecule has 0 saturated carbocycles. The second kappa shape index (κ2) is 10.6. The number of hydrogen-bond acceptors (Lipinski definition) is 4. The van der Waals surface area contributed by atoms with Gasteiger partial charge in [-0.15, -0.1) is 24.0 Å². The first-order chi connectivity index (χ1) is 10.7. The van der Waals surface area contributed by atoms with E-state index in [0.717, 1.165) is 37.7 Å². The molecule has 0 aromatic carbocycles. The number of rotatable bonds is 6. The highest BCUT2D eigenvalue weighted by Crippen LogP contribution is 2.15. The summed E-state index contributed by atoms with van der Waals surface area (Å²) in [5.41, 5.74) is 1.03. The predicted molar refractivity (Wildman–Crippen MR) is 103 cm³/mol. The van der Waals surface area contributed by atoms with Crippen LogP contribution >= 0.6 is 24.0 Å². The van der Waals surface area contributed by atoms with Crippen LogP contribution in [-0.2, 0) is 11.3 Å². The molecule has 1 N–H and O–H groups in total. The number of hydrogen-bond donors (Lipinski definition) is 1. The molecule has 1 unspecified atom stereocenters. The molecule has 1 aromatic heterocycles. The number of guanidine groups is 1. The number of nitrogens with zero attached hydrogens (tertiary/aromatic N) is 3. The normalized spacial score (nSPS) is 17.5. The Kier molecular flexibility index (Phi) is 9.23. The van der Waals surface area contributed by atoms with E-state index in [1.54, 1.807) is 13.2 Å². The summed E-state index contributed by atoms with van der Waals surface area (Å²) in [6.07, 6.45) is 2.87. The molecule has 0 radical (unpaired) electrons. The summed E-state index contributed by atoms with van der Waals surface area (Å²) in [5, 5.41) is 3.37. The summed E-state index contributed by atoms with van der Waals surface area (Å²) in [5.74, 6) is 2.14. The Hall–Kier alpha value is -1.09. The van der Waals surface area contributed by atoms with Gasteiger partial charge in [-0.25, -0.2) is 4.98 Å². The van der Waals surface area contributed by atoms with Crippen LogP contribution in [0.2, 0.25) is 0 Å². The maximum Gasteiger partial charge on any atom is 0.218 e. The Balaban J connectivity index is 0.00000264. The summed E-state index contributed by atoms with van der Waals surface area (Å²) >= 11 is 0. The van der Waals surface area contributed by atoms with E-state index in [-0.39, 0.29) is 24.0 Å². The second-order valence-electron chi connectivity index (χ2n) is 5.41. The topological polar surface area (TPSA) is 59.0 Å². The van der Waals surface area contributed by atoms with Crippen LogP contribution in [0.5, 0.6) is 5.88 Å². The molecule has 130 valence electrons. The van der Waals surface area contributed by atoms with Gasteiger partial charge >= 0.3 is 0 Å². The van der Waals surface area contributed by atoms with Crippen molar-refractivity contribution < 1.29 is 9.47 Å². The van der Waals surface area contributed by atoms with Crippen LogP contribution in [0.25, 0.3) is 0 Å². The number of ether oxygens (including phenoxy) is 2. The van der Waals surface area contributed by atoms with Gasteiger partial charge in [0.05, 0.1) is 13.2 Å². The molecule has 1 aliphatic heterocycles. The molecular weight excluding hydrogens is 407 g/mol. The zero-order valence-corrected chi connectivity index (χ0v) is 16.4. The van der Waals surface area contributed by atoms with E-state index in [4.69, 9.17) is 9.47 Å². The number of pyridine rings is 1. The molecule has 1 aliphatic rings. The first-order valence-electron chi connectivity index (χ1n) is 7.80. The summed E-state index contributed by atoms with van der Waals surface area (Å²) in [4.78, 5) is 10.8. The van der Waals surface area contributed by atoms with Crippen LogP contribution in [0, 0.1) is 5.92 Å². The lowest BCUT2D eigenvalue weighted by molar-refractivity contribution is 0.181. The largest absolute Gasteiger partial charge is 0.478 e. The van der Waals surface area contributed by atoms with E-state index < -0.39 is 0 Å². The predicted octanol–water partition coefficient (Wildman–Crippen LogP) is 2.14. The molecule has 1 aromatic rings. The maximum atomic E-state index is 5.55. The second-order valence-corrected chi connectivity index (χ2v) is 5.41. The summed E-state index contributed by atoms with van der Waals surface area (Å²) < 4.78 is 11.0. The van der Waals surface area contributed by atoms with E-state index in [1.165, 1.54) is 0 Å².